The molecule has 108 valence electrons. The van der Waals surface area contributed by atoms with Gasteiger partial charge >= 0.3 is 0 Å². The van der Waals surface area contributed by atoms with Crippen LogP contribution in [0.2, 0.25) is 0 Å². The van der Waals surface area contributed by atoms with Crippen LogP contribution in [-0.4, -0.2) is 20.4 Å². The maximum atomic E-state index is 12.4. The highest BCUT2D eigenvalue weighted by Crippen LogP contribution is 2.54. The van der Waals surface area contributed by atoms with Gasteiger partial charge in [-0.15, -0.1) is 0 Å². The molecule has 21 heavy (non-hydrogen) atoms. The molecular weight excluding hydrogens is 264 g/mol. The molecule has 5 nitrogen and oxygen atoms in total. The van der Waals surface area contributed by atoms with Gasteiger partial charge in [0.2, 0.25) is 5.91 Å². The summed E-state index contributed by atoms with van der Waals surface area (Å²) < 4.78 is 1.89. The first kappa shape index (κ1) is 12.6. The second kappa shape index (κ2) is 4.69. The smallest absolute Gasteiger partial charge is 0.227 e. The molecule has 2 atom stereocenters. The summed E-state index contributed by atoms with van der Waals surface area (Å²) in [4.78, 5) is 21.0. The van der Waals surface area contributed by atoms with Gasteiger partial charge in [0.15, 0.2) is 5.82 Å². The van der Waals surface area contributed by atoms with Gasteiger partial charge in [0.1, 0.15) is 5.82 Å². The number of amides is 1. The number of hydrogen-bond donors (Lipinski definition) is 1. The fourth-order valence-electron chi connectivity index (χ4n) is 3.45. The number of fused-ring (bicyclic) bond motifs is 1. The van der Waals surface area contributed by atoms with Gasteiger partial charge in [-0.25, -0.2) is 9.97 Å². The van der Waals surface area contributed by atoms with Crippen molar-refractivity contribution >= 4 is 11.6 Å². The first-order valence-corrected chi connectivity index (χ1v) is 7.48. The van der Waals surface area contributed by atoms with Crippen molar-refractivity contribution in [1.29, 1.82) is 0 Å². The van der Waals surface area contributed by atoms with E-state index in [1.807, 2.05) is 29.8 Å². The second-order valence-corrected chi connectivity index (χ2v) is 6.13. The Balaban J connectivity index is 1.57. The number of anilines is 1. The normalized spacial score (nSPS) is 26.4. The van der Waals surface area contributed by atoms with Gasteiger partial charge in [0, 0.05) is 24.5 Å². The molecule has 0 aromatic carbocycles. The van der Waals surface area contributed by atoms with Crippen LogP contribution in [0, 0.1) is 24.7 Å². The van der Waals surface area contributed by atoms with Gasteiger partial charge in [-0.3, -0.25) is 9.36 Å². The molecule has 0 aliphatic heterocycles. The monoisotopic (exact) mass is 282 g/mol. The first-order valence-electron chi connectivity index (χ1n) is 7.48. The molecule has 0 bridgehead atoms. The maximum absolute atomic E-state index is 12.4. The van der Waals surface area contributed by atoms with E-state index in [9.17, 15) is 4.79 Å². The standard InChI is InChI=1S/C16H18N4O/c1-10-17-5-6-20(10)15-14(3-2-4-18-15)19-16(21)13-8-11-7-12(11)9-13/h2-6,11-13H,7-9H2,1H3,(H,19,21). The Morgan fingerprint density at radius 3 is 2.76 bits per heavy atom. The Morgan fingerprint density at radius 1 is 1.24 bits per heavy atom. The Hall–Kier alpha value is -2.17. The summed E-state index contributed by atoms with van der Waals surface area (Å²) in [5.41, 5.74) is 0.754. The van der Waals surface area contributed by atoms with Crippen LogP contribution in [0.25, 0.3) is 5.82 Å². The molecule has 2 fully saturated rings. The first-order chi connectivity index (χ1) is 10.2. The van der Waals surface area contributed by atoms with Crippen molar-refractivity contribution in [2.75, 3.05) is 5.32 Å². The lowest BCUT2D eigenvalue weighted by atomic mass is 10.0. The predicted molar refractivity (Wildman–Crippen MR) is 79.0 cm³/mol. The SMILES string of the molecule is Cc1nccn1-c1ncccc1NC(=O)C1CC2CC2C1. The minimum Gasteiger partial charge on any atom is -0.323 e. The average molecular weight is 282 g/mol. The van der Waals surface area contributed by atoms with Crippen LogP contribution >= 0.6 is 0 Å². The van der Waals surface area contributed by atoms with E-state index in [1.165, 1.54) is 6.42 Å². The summed E-state index contributed by atoms with van der Waals surface area (Å²) in [6.07, 6.45) is 8.76. The molecule has 2 aliphatic rings. The summed E-state index contributed by atoms with van der Waals surface area (Å²) in [7, 11) is 0. The highest BCUT2D eigenvalue weighted by atomic mass is 16.1. The average Bonchev–Trinajstić information content (AvgIpc) is 2.89. The van der Waals surface area contributed by atoms with Gasteiger partial charge in [0.25, 0.3) is 0 Å². The van der Waals surface area contributed by atoms with Gasteiger partial charge in [-0.1, -0.05) is 0 Å². The van der Waals surface area contributed by atoms with E-state index < -0.39 is 0 Å². The quantitative estimate of drug-likeness (QED) is 0.941. The van der Waals surface area contributed by atoms with Crippen LogP contribution in [0.5, 0.6) is 0 Å². The van der Waals surface area contributed by atoms with Crippen LogP contribution < -0.4 is 5.32 Å². The van der Waals surface area contributed by atoms with Crippen molar-refractivity contribution in [3.63, 3.8) is 0 Å². The van der Waals surface area contributed by atoms with Crippen molar-refractivity contribution in [3.05, 3.63) is 36.5 Å². The van der Waals surface area contributed by atoms with E-state index in [2.05, 4.69) is 15.3 Å². The largest absolute Gasteiger partial charge is 0.323 e. The highest BCUT2D eigenvalue weighted by Gasteiger charge is 2.48. The lowest BCUT2D eigenvalue weighted by Crippen LogP contribution is -2.22. The molecule has 1 amide bonds. The lowest BCUT2D eigenvalue weighted by Gasteiger charge is -2.15. The van der Waals surface area contributed by atoms with Gasteiger partial charge < -0.3 is 5.32 Å². The van der Waals surface area contributed by atoms with E-state index >= 15 is 0 Å². The van der Waals surface area contributed by atoms with E-state index in [-0.39, 0.29) is 11.8 Å². The molecule has 4 rings (SSSR count). The number of imidazole rings is 1. The molecule has 2 heterocycles. The van der Waals surface area contributed by atoms with Gasteiger partial charge in [-0.2, -0.15) is 0 Å². The van der Waals surface area contributed by atoms with Gasteiger partial charge in [-0.05, 0) is 50.2 Å². The third-order valence-electron chi connectivity index (χ3n) is 4.71. The van der Waals surface area contributed by atoms with Crippen LogP contribution in [0.4, 0.5) is 5.69 Å². The molecule has 0 spiro atoms. The van der Waals surface area contributed by atoms with E-state index in [0.717, 1.165) is 42.0 Å². The molecule has 5 heteroatoms. The van der Waals surface area contributed by atoms with Crippen molar-refractivity contribution in [3.8, 4) is 5.82 Å². The molecule has 2 unspecified atom stereocenters. The van der Waals surface area contributed by atoms with E-state index in [0.29, 0.717) is 0 Å². The third kappa shape index (κ3) is 2.22. The third-order valence-corrected chi connectivity index (χ3v) is 4.71. The highest BCUT2D eigenvalue weighted by molar-refractivity contribution is 5.94. The lowest BCUT2D eigenvalue weighted by molar-refractivity contribution is -0.120. The Bertz CT molecular complexity index is 683. The number of carbonyl (C=O) groups is 1. The number of hydrogen-bond acceptors (Lipinski definition) is 3. The molecule has 1 N–H and O–H groups in total. The second-order valence-electron chi connectivity index (χ2n) is 6.13. The topological polar surface area (TPSA) is 59.8 Å². The molecule has 2 saturated carbocycles. The Morgan fingerprint density at radius 2 is 2.05 bits per heavy atom. The van der Waals surface area contributed by atoms with Crippen LogP contribution in [0.3, 0.4) is 0 Å². The minimum absolute atomic E-state index is 0.134. The molecule has 2 aliphatic carbocycles. The maximum Gasteiger partial charge on any atom is 0.227 e. The van der Waals surface area contributed by atoms with Crippen molar-refractivity contribution < 1.29 is 4.79 Å². The molecule has 0 radical (unpaired) electrons. The zero-order chi connectivity index (χ0) is 14.4. The van der Waals surface area contributed by atoms with Gasteiger partial charge in [0.05, 0.1) is 5.69 Å². The zero-order valence-electron chi connectivity index (χ0n) is 12.0. The summed E-state index contributed by atoms with van der Waals surface area (Å²) >= 11 is 0. The van der Waals surface area contributed by atoms with E-state index in [4.69, 9.17) is 0 Å². The van der Waals surface area contributed by atoms with Crippen molar-refractivity contribution in [1.82, 2.24) is 14.5 Å². The number of nitrogens with zero attached hydrogens (tertiary/aromatic N) is 3. The number of rotatable bonds is 3. The van der Waals surface area contributed by atoms with Crippen LogP contribution in [0.1, 0.15) is 25.1 Å². The number of nitrogens with one attached hydrogen (secondary N) is 1. The predicted octanol–water partition coefficient (Wildman–Crippen LogP) is 2.56. The fraction of sp³-hybridized carbons (Fsp3) is 0.438. The summed E-state index contributed by atoms with van der Waals surface area (Å²) in [5.74, 6) is 3.50. The van der Waals surface area contributed by atoms with Crippen LogP contribution in [-0.2, 0) is 4.79 Å². The van der Waals surface area contributed by atoms with Crippen molar-refractivity contribution in [2.45, 2.75) is 26.2 Å². The fourth-order valence-corrected chi connectivity index (χ4v) is 3.45. The van der Waals surface area contributed by atoms with Crippen molar-refractivity contribution in [2.24, 2.45) is 17.8 Å². The zero-order valence-corrected chi connectivity index (χ0v) is 12.0. The number of aromatic nitrogens is 3. The molecule has 2 aromatic heterocycles. The van der Waals surface area contributed by atoms with Crippen LogP contribution in [0.15, 0.2) is 30.7 Å². The Kier molecular flexibility index (Phi) is 2.80. The number of aryl methyl sites for hydroxylation is 1. The number of pyridine rings is 1. The molecule has 2 aromatic rings. The summed E-state index contributed by atoms with van der Waals surface area (Å²) in [5, 5.41) is 3.06. The minimum atomic E-state index is 0.134. The summed E-state index contributed by atoms with van der Waals surface area (Å²) in [6.45, 7) is 1.92. The summed E-state index contributed by atoms with van der Waals surface area (Å²) in [6, 6.07) is 3.74. The Labute approximate surface area is 123 Å². The molecule has 0 saturated heterocycles. The van der Waals surface area contributed by atoms with E-state index in [1.54, 1.807) is 12.4 Å². The number of carbonyl (C=O) groups excluding carboxylic acids is 1. The molecular formula is C16H18N4O.